The minimum Gasteiger partial charge on any atom is -0.493 e. The van der Waals surface area contributed by atoms with Crippen LogP contribution in [0, 0.1) is 0 Å². The normalized spacial score (nSPS) is 17.0. The van der Waals surface area contributed by atoms with Gasteiger partial charge in [-0.05, 0) is 49.2 Å². The van der Waals surface area contributed by atoms with Crippen molar-refractivity contribution in [3.05, 3.63) is 65.7 Å². The summed E-state index contributed by atoms with van der Waals surface area (Å²) < 4.78 is 10.6. The molecule has 0 aromatic heterocycles. The van der Waals surface area contributed by atoms with Crippen molar-refractivity contribution in [3.63, 3.8) is 0 Å². The maximum Gasteiger partial charge on any atom is 0.246 e. The van der Waals surface area contributed by atoms with Crippen molar-refractivity contribution >= 4 is 12.0 Å². The number of amides is 1. The standard InChI is InChI=1S/C24H30N2O3/c1-25(17-20-8-5-4-6-9-20)21-10-7-15-26(18-21)24(27)14-12-19-11-13-22(28-2)23(16-19)29-3/h4-6,8-9,11-14,16,21H,7,10,15,17-18H2,1-3H3/b14-12+/t21-/m1/s1. The molecule has 1 fully saturated rings. The fraction of sp³-hybridized carbons (Fsp3) is 0.375. The zero-order chi connectivity index (χ0) is 20.6. The molecule has 2 aromatic carbocycles. The van der Waals surface area contributed by atoms with E-state index in [4.69, 9.17) is 9.47 Å². The number of rotatable bonds is 7. The number of hydrogen-bond acceptors (Lipinski definition) is 4. The summed E-state index contributed by atoms with van der Waals surface area (Å²) in [5, 5.41) is 0. The molecule has 0 spiro atoms. The van der Waals surface area contributed by atoms with Crippen molar-refractivity contribution in [2.75, 3.05) is 34.4 Å². The van der Waals surface area contributed by atoms with E-state index < -0.39 is 0 Å². The van der Waals surface area contributed by atoms with E-state index in [0.29, 0.717) is 17.5 Å². The average Bonchev–Trinajstić information content (AvgIpc) is 2.78. The second-order valence-electron chi connectivity index (χ2n) is 7.43. The Bertz CT molecular complexity index is 835. The first-order valence-electron chi connectivity index (χ1n) is 10.0. The van der Waals surface area contributed by atoms with Crippen LogP contribution in [0.3, 0.4) is 0 Å². The maximum absolute atomic E-state index is 12.7. The number of methoxy groups -OCH3 is 2. The van der Waals surface area contributed by atoms with Gasteiger partial charge in [-0.1, -0.05) is 36.4 Å². The highest BCUT2D eigenvalue weighted by molar-refractivity contribution is 5.92. The zero-order valence-electron chi connectivity index (χ0n) is 17.5. The summed E-state index contributed by atoms with van der Waals surface area (Å²) in [6, 6.07) is 16.5. The Hall–Kier alpha value is -2.79. The summed E-state index contributed by atoms with van der Waals surface area (Å²) in [4.78, 5) is 17.0. The van der Waals surface area contributed by atoms with Crippen LogP contribution in [0.2, 0.25) is 0 Å². The number of likely N-dealkylation sites (N-methyl/N-ethyl adjacent to an activating group) is 1. The molecule has 0 radical (unpaired) electrons. The van der Waals surface area contributed by atoms with Gasteiger partial charge in [0.05, 0.1) is 14.2 Å². The Morgan fingerprint density at radius 2 is 1.90 bits per heavy atom. The van der Waals surface area contributed by atoms with Crippen LogP contribution in [-0.2, 0) is 11.3 Å². The smallest absolute Gasteiger partial charge is 0.246 e. The van der Waals surface area contributed by atoms with Gasteiger partial charge in [-0.3, -0.25) is 9.69 Å². The molecule has 1 aliphatic heterocycles. The number of carbonyl (C=O) groups is 1. The van der Waals surface area contributed by atoms with Gasteiger partial charge in [-0.15, -0.1) is 0 Å². The summed E-state index contributed by atoms with van der Waals surface area (Å²) in [6.45, 7) is 2.47. The number of hydrogen-bond donors (Lipinski definition) is 0. The molecule has 0 saturated carbocycles. The number of benzene rings is 2. The van der Waals surface area contributed by atoms with Gasteiger partial charge >= 0.3 is 0 Å². The lowest BCUT2D eigenvalue weighted by atomic mass is 10.0. The largest absolute Gasteiger partial charge is 0.493 e. The first kappa shape index (κ1) is 20.9. The molecular weight excluding hydrogens is 364 g/mol. The predicted molar refractivity (Wildman–Crippen MR) is 116 cm³/mol. The summed E-state index contributed by atoms with van der Waals surface area (Å²) in [7, 11) is 5.36. The van der Waals surface area contributed by atoms with E-state index in [0.717, 1.165) is 38.0 Å². The first-order valence-corrected chi connectivity index (χ1v) is 10.0. The quantitative estimate of drug-likeness (QED) is 0.669. The Labute approximate surface area is 173 Å². The Balaban J connectivity index is 1.60. The second-order valence-corrected chi connectivity index (χ2v) is 7.43. The molecule has 1 saturated heterocycles. The molecule has 29 heavy (non-hydrogen) atoms. The fourth-order valence-corrected chi connectivity index (χ4v) is 3.74. The molecular formula is C24H30N2O3. The lowest BCUT2D eigenvalue weighted by molar-refractivity contribution is -0.128. The van der Waals surface area contributed by atoms with Gasteiger partial charge in [0.2, 0.25) is 5.91 Å². The molecule has 1 aliphatic rings. The Morgan fingerprint density at radius 3 is 2.62 bits per heavy atom. The molecule has 154 valence electrons. The minimum atomic E-state index is 0.0533. The number of carbonyl (C=O) groups excluding carboxylic acids is 1. The summed E-state index contributed by atoms with van der Waals surface area (Å²) in [6.07, 6.45) is 5.63. The van der Waals surface area contributed by atoms with Crippen LogP contribution in [0.5, 0.6) is 11.5 Å². The molecule has 3 rings (SSSR count). The van der Waals surface area contributed by atoms with Crippen molar-refractivity contribution in [2.45, 2.75) is 25.4 Å². The van der Waals surface area contributed by atoms with Crippen LogP contribution in [0.1, 0.15) is 24.0 Å². The Kier molecular flexibility index (Phi) is 7.30. The Morgan fingerprint density at radius 1 is 1.14 bits per heavy atom. The van der Waals surface area contributed by atoms with E-state index in [1.54, 1.807) is 20.3 Å². The van der Waals surface area contributed by atoms with Gasteiger partial charge in [0.15, 0.2) is 11.5 Å². The van der Waals surface area contributed by atoms with E-state index in [1.807, 2.05) is 35.2 Å². The topological polar surface area (TPSA) is 42.0 Å². The third-order valence-corrected chi connectivity index (χ3v) is 5.43. The van der Waals surface area contributed by atoms with Crippen LogP contribution in [0.4, 0.5) is 0 Å². The highest BCUT2D eigenvalue weighted by Crippen LogP contribution is 2.28. The van der Waals surface area contributed by atoms with Gasteiger partial charge in [-0.2, -0.15) is 0 Å². The lowest BCUT2D eigenvalue weighted by Gasteiger charge is -2.37. The van der Waals surface area contributed by atoms with Gasteiger partial charge in [-0.25, -0.2) is 0 Å². The molecule has 0 bridgehead atoms. The van der Waals surface area contributed by atoms with E-state index in [9.17, 15) is 4.79 Å². The zero-order valence-corrected chi connectivity index (χ0v) is 17.5. The SMILES string of the molecule is COc1ccc(/C=C/C(=O)N2CCC[C@@H](N(C)Cc3ccccc3)C2)cc1OC. The van der Waals surface area contributed by atoms with Crippen molar-refractivity contribution in [2.24, 2.45) is 0 Å². The van der Waals surface area contributed by atoms with E-state index in [2.05, 4.69) is 36.2 Å². The maximum atomic E-state index is 12.7. The van der Waals surface area contributed by atoms with Gasteiger partial charge in [0, 0.05) is 31.8 Å². The molecule has 1 atom stereocenters. The van der Waals surface area contributed by atoms with Crippen LogP contribution < -0.4 is 9.47 Å². The fourth-order valence-electron chi connectivity index (χ4n) is 3.74. The van der Waals surface area contributed by atoms with E-state index >= 15 is 0 Å². The van der Waals surface area contributed by atoms with Crippen LogP contribution in [-0.4, -0.2) is 56.1 Å². The van der Waals surface area contributed by atoms with Crippen LogP contribution in [0.25, 0.3) is 6.08 Å². The third-order valence-electron chi connectivity index (χ3n) is 5.43. The predicted octanol–water partition coefficient (Wildman–Crippen LogP) is 3.84. The number of likely N-dealkylation sites (tertiary alicyclic amines) is 1. The number of ether oxygens (including phenoxy) is 2. The summed E-state index contributed by atoms with van der Waals surface area (Å²) >= 11 is 0. The molecule has 0 aliphatic carbocycles. The van der Waals surface area contributed by atoms with Gasteiger partial charge in [0.25, 0.3) is 0 Å². The van der Waals surface area contributed by atoms with E-state index in [1.165, 1.54) is 5.56 Å². The summed E-state index contributed by atoms with van der Waals surface area (Å²) in [5.41, 5.74) is 2.21. The molecule has 1 amide bonds. The van der Waals surface area contributed by atoms with Crippen molar-refractivity contribution < 1.29 is 14.3 Å². The van der Waals surface area contributed by atoms with Gasteiger partial charge in [0.1, 0.15) is 0 Å². The average molecular weight is 395 g/mol. The van der Waals surface area contributed by atoms with Crippen molar-refractivity contribution in [3.8, 4) is 11.5 Å². The lowest BCUT2D eigenvalue weighted by Crippen LogP contribution is -2.47. The highest BCUT2D eigenvalue weighted by atomic mass is 16.5. The molecule has 2 aromatic rings. The van der Waals surface area contributed by atoms with Crippen LogP contribution >= 0.6 is 0 Å². The number of nitrogens with zero attached hydrogens (tertiary/aromatic N) is 2. The van der Waals surface area contributed by atoms with Gasteiger partial charge < -0.3 is 14.4 Å². The van der Waals surface area contributed by atoms with Crippen LogP contribution in [0.15, 0.2) is 54.6 Å². The van der Waals surface area contributed by atoms with Crippen molar-refractivity contribution in [1.82, 2.24) is 9.80 Å². The second kappa shape index (κ2) is 10.1. The highest BCUT2D eigenvalue weighted by Gasteiger charge is 2.25. The molecule has 0 N–H and O–H groups in total. The third kappa shape index (κ3) is 5.61. The molecule has 1 heterocycles. The van der Waals surface area contributed by atoms with Crippen molar-refractivity contribution in [1.29, 1.82) is 0 Å². The molecule has 5 heteroatoms. The van der Waals surface area contributed by atoms with E-state index in [-0.39, 0.29) is 5.91 Å². The molecule has 5 nitrogen and oxygen atoms in total. The minimum absolute atomic E-state index is 0.0533. The number of piperidine rings is 1. The summed E-state index contributed by atoms with van der Waals surface area (Å²) in [5.74, 6) is 1.39. The first-order chi connectivity index (χ1) is 14.1. The monoisotopic (exact) mass is 394 g/mol. The molecule has 0 unspecified atom stereocenters.